The van der Waals surface area contributed by atoms with Gasteiger partial charge >= 0.3 is 6.03 Å². The summed E-state index contributed by atoms with van der Waals surface area (Å²) in [6.07, 6.45) is 2.15. The Hall–Kier alpha value is -2.15. The van der Waals surface area contributed by atoms with Crippen molar-refractivity contribution in [2.75, 3.05) is 32.0 Å². The molecule has 114 valence electrons. The largest absolute Gasteiger partial charge is 0.338 e. The summed E-state index contributed by atoms with van der Waals surface area (Å²) in [6, 6.07) is 5.58. The average molecular weight is 292 g/mol. The topological polar surface area (TPSA) is 87.5 Å². The van der Waals surface area contributed by atoms with Gasteiger partial charge in [-0.25, -0.2) is 4.79 Å². The van der Waals surface area contributed by atoms with Crippen LogP contribution in [0.25, 0.3) is 0 Å². The van der Waals surface area contributed by atoms with Crippen LogP contribution in [-0.4, -0.2) is 42.5 Å². The lowest BCUT2D eigenvalue weighted by molar-refractivity contribution is -0.384. The van der Waals surface area contributed by atoms with E-state index in [4.69, 9.17) is 0 Å². The first-order valence-corrected chi connectivity index (χ1v) is 7.02. The minimum absolute atomic E-state index is 0.0388. The minimum atomic E-state index is -0.485. The number of hydrogen-bond acceptors (Lipinski definition) is 4. The molecule has 1 saturated heterocycles. The van der Waals surface area contributed by atoms with Gasteiger partial charge in [-0.3, -0.25) is 10.1 Å². The van der Waals surface area contributed by atoms with Crippen molar-refractivity contribution in [2.45, 2.75) is 12.8 Å². The summed E-state index contributed by atoms with van der Waals surface area (Å²) in [4.78, 5) is 24.3. The summed E-state index contributed by atoms with van der Waals surface area (Å²) in [7, 11) is 2.10. The second-order valence-electron chi connectivity index (χ2n) is 5.39. The van der Waals surface area contributed by atoms with Gasteiger partial charge in [-0.1, -0.05) is 6.07 Å². The van der Waals surface area contributed by atoms with Crippen molar-refractivity contribution in [3.8, 4) is 0 Å². The molecule has 21 heavy (non-hydrogen) atoms. The number of non-ortho nitro benzene ring substituents is 1. The summed E-state index contributed by atoms with van der Waals surface area (Å²) in [5.41, 5.74) is 0.383. The lowest BCUT2D eigenvalue weighted by Crippen LogP contribution is -2.38. The summed E-state index contributed by atoms with van der Waals surface area (Å²) < 4.78 is 0. The maximum Gasteiger partial charge on any atom is 0.319 e. The number of amides is 2. The number of anilines is 1. The van der Waals surface area contributed by atoms with Gasteiger partial charge in [0, 0.05) is 24.4 Å². The molecule has 0 spiro atoms. The zero-order valence-corrected chi connectivity index (χ0v) is 12.0. The SMILES string of the molecule is CN1CCC(CNC(=O)Nc2cccc([N+](=O)[O-])c2)CC1. The number of urea groups is 1. The number of carbonyl (C=O) groups excluding carboxylic acids is 1. The van der Waals surface area contributed by atoms with Crippen molar-refractivity contribution in [1.82, 2.24) is 10.2 Å². The van der Waals surface area contributed by atoms with E-state index in [0.717, 1.165) is 25.9 Å². The Morgan fingerprint density at radius 2 is 2.14 bits per heavy atom. The van der Waals surface area contributed by atoms with E-state index >= 15 is 0 Å². The monoisotopic (exact) mass is 292 g/mol. The number of rotatable bonds is 4. The number of likely N-dealkylation sites (tertiary alicyclic amines) is 1. The molecule has 7 heteroatoms. The first-order chi connectivity index (χ1) is 10.0. The van der Waals surface area contributed by atoms with Crippen LogP contribution in [-0.2, 0) is 0 Å². The Kier molecular flexibility index (Phi) is 5.10. The second-order valence-corrected chi connectivity index (χ2v) is 5.39. The van der Waals surface area contributed by atoms with E-state index in [0.29, 0.717) is 18.2 Å². The summed E-state index contributed by atoms with van der Waals surface area (Å²) >= 11 is 0. The van der Waals surface area contributed by atoms with E-state index in [1.54, 1.807) is 12.1 Å². The molecule has 1 fully saturated rings. The number of benzene rings is 1. The number of nitro benzene ring substituents is 1. The highest BCUT2D eigenvalue weighted by molar-refractivity contribution is 5.89. The number of nitrogens with one attached hydrogen (secondary N) is 2. The Morgan fingerprint density at radius 3 is 2.81 bits per heavy atom. The van der Waals surface area contributed by atoms with E-state index in [9.17, 15) is 14.9 Å². The van der Waals surface area contributed by atoms with Crippen molar-refractivity contribution in [1.29, 1.82) is 0 Å². The van der Waals surface area contributed by atoms with Gasteiger partial charge in [-0.15, -0.1) is 0 Å². The second kappa shape index (κ2) is 7.03. The van der Waals surface area contributed by atoms with Crippen molar-refractivity contribution in [3.63, 3.8) is 0 Å². The molecule has 0 aliphatic carbocycles. The van der Waals surface area contributed by atoms with E-state index in [-0.39, 0.29) is 11.7 Å². The molecule has 1 aliphatic rings. The van der Waals surface area contributed by atoms with Crippen LogP contribution in [0.3, 0.4) is 0 Å². The molecule has 2 amide bonds. The van der Waals surface area contributed by atoms with Crippen LogP contribution in [0.1, 0.15) is 12.8 Å². The van der Waals surface area contributed by atoms with Gasteiger partial charge in [0.2, 0.25) is 0 Å². The van der Waals surface area contributed by atoms with Gasteiger partial charge in [0.05, 0.1) is 4.92 Å². The van der Waals surface area contributed by atoms with Crippen molar-refractivity contribution < 1.29 is 9.72 Å². The van der Waals surface area contributed by atoms with Crippen molar-refractivity contribution in [2.24, 2.45) is 5.92 Å². The number of carbonyl (C=O) groups is 1. The standard InChI is InChI=1S/C14H20N4O3/c1-17-7-5-11(6-8-17)10-15-14(19)16-12-3-2-4-13(9-12)18(20)21/h2-4,9,11H,5-8,10H2,1H3,(H2,15,16,19). The summed E-state index contributed by atoms with van der Waals surface area (Å²) in [6.45, 7) is 2.74. The first kappa shape index (κ1) is 15.2. The molecule has 0 radical (unpaired) electrons. The molecule has 0 bridgehead atoms. The van der Waals surface area contributed by atoms with Crippen LogP contribution < -0.4 is 10.6 Å². The highest BCUT2D eigenvalue weighted by atomic mass is 16.6. The highest BCUT2D eigenvalue weighted by Crippen LogP contribution is 2.17. The van der Waals surface area contributed by atoms with E-state index in [1.807, 2.05) is 0 Å². The van der Waals surface area contributed by atoms with Crippen LogP contribution in [0, 0.1) is 16.0 Å². The molecule has 1 heterocycles. The van der Waals surface area contributed by atoms with Gasteiger partial charge in [-0.05, 0) is 45.0 Å². The van der Waals surface area contributed by atoms with Crippen molar-refractivity contribution >= 4 is 17.4 Å². The van der Waals surface area contributed by atoms with Crippen LogP contribution in [0.4, 0.5) is 16.2 Å². The lowest BCUT2D eigenvalue weighted by atomic mass is 9.97. The fraction of sp³-hybridized carbons (Fsp3) is 0.500. The normalized spacial score (nSPS) is 16.4. The lowest BCUT2D eigenvalue weighted by Gasteiger charge is -2.28. The van der Waals surface area contributed by atoms with Gasteiger partial charge in [-0.2, -0.15) is 0 Å². The maximum absolute atomic E-state index is 11.8. The minimum Gasteiger partial charge on any atom is -0.338 e. The van der Waals surface area contributed by atoms with Gasteiger partial charge < -0.3 is 15.5 Å². The quantitative estimate of drug-likeness (QED) is 0.657. The zero-order chi connectivity index (χ0) is 15.2. The molecule has 1 aliphatic heterocycles. The van der Waals surface area contributed by atoms with Crippen LogP contribution in [0.5, 0.6) is 0 Å². The number of nitrogens with zero attached hydrogens (tertiary/aromatic N) is 2. The maximum atomic E-state index is 11.8. The first-order valence-electron chi connectivity index (χ1n) is 7.02. The van der Waals surface area contributed by atoms with Gasteiger partial charge in [0.15, 0.2) is 0 Å². The molecular formula is C14H20N4O3. The van der Waals surface area contributed by atoms with Gasteiger partial charge in [0.1, 0.15) is 0 Å². The molecule has 2 rings (SSSR count). The smallest absolute Gasteiger partial charge is 0.319 e. The zero-order valence-electron chi connectivity index (χ0n) is 12.0. The van der Waals surface area contributed by atoms with E-state index in [2.05, 4.69) is 22.6 Å². The molecule has 0 saturated carbocycles. The average Bonchev–Trinajstić information content (AvgIpc) is 2.47. The molecule has 0 unspecified atom stereocenters. The summed E-state index contributed by atoms with van der Waals surface area (Å²) in [5, 5.41) is 16.1. The Morgan fingerprint density at radius 1 is 1.43 bits per heavy atom. The Bertz CT molecular complexity index is 513. The molecule has 2 N–H and O–H groups in total. The van der Waals surface area contributed by atoms with Crippen LogP contribution >= 0.6 is 0 Å². The fourth-order valence-electron chi connectivity index (χ4n) is 2.38. The third kappa shape index (κ3) is 4.71. The van der Waals surface area contributed by atoms with E-state index in [1.165, 1.54) is 12.1 Å². The van der Waals surface area contributed by atoms with Gasteiger partial charge in [0.25, 0.3) is 5.69 Å². The number of hydrogen-bond donors (Lipinski definition) is 2. The van der Waals surface area contributed by atoms with E-state index < -0.39 is 4.92 Å². The molecule has 0 atom stereocenters. The Balaban J connectivity index is 1.79. The fourth-order valence-corrected chi connectivity index (χ4v) is 2.38. The van der Waals surface area contributed by atoms with Crippen LogP contribution in [0.2, 0.25) is 0 Å². The molecule has 1 aromatic rings. The number of piperidine rings is 1. The highest BCUT2D eigenvalue weighted by Gasteiger charge is 2.17. The van der Waals surface area contributed by atoms with Crippen molar-refractivity contribution in [3.05, 3.63) is 34.4 Å². The van der Waals surface area contributed by atoms with Crippen LogP contribution in [0.15, 0.2) is 24.3 Å². The third-order valence-electron chi connectivity index (χ3n) is 3.70. The number of nitro groups is 1. The third-order valence-corrected chi connectivity index (χ3v) is 3.70. The molecule has 0 aromatic heterocycles. The molecular weight excluding hydrogens is 272 g/mol. The molecule has 7 nitrogen and oxygen atoms in total. The predicted molar refractivity (Wildman–Crippen MR) is 80.3 cm³/mol. The summed E-state index contributed by atoms with van der Waals surface area (Å²) in [5.74, 6) is 0.497. The Labute approximate surface area is 123 Å². The molecule has 1 aromatic carbocycles. The predicted octanol–water partition coefficient (Wildman–Crippen LogP) is 2.06.